The highest BCUT2D eigenvalue weighted by molar-refractivity contribution is 7.80. The topological polar surface area (TPSA) is 92.1 Å². The second kappa shape index (κ2) is 8.64. The largest absolute Gasteiger partial charge is 0.361 e. The molecule has 0 fully saturated rings. The Morgan fingerprint density at radius 1 is 1.22 bits per heavy atom. The number of nitrogens with zero attached hydrogens (tertiary/aromatic N) is 2. The molecule has 0 saturated carbocycles. The Morgan fingerprint density at radius 3 is 2.65 bits per heavy atom. The summed E-state index contributed by atoms with van der Waals surface area (Å²) >= 11 is 5.13. The van der Waals surface area contributed by atoms with Crippen LogP contribution in [0.5, 0.6) is 0 Å². The van der Waals surface area contributed by atoms with Gasteiger partial charge < -0.3 is 5.32 Å². The third kappa shape index (κ3) is 5.87. The van der Waals surface area contributed by atoms with E-state index in [4.69, 9.17) is 12.2 Å². The van der Waals surface area contributed by atoms with Crippen molar-refractivity contribution in [2.24, 2.45) is 0 Å². The number of aryl methyl sites for hydroxylation is 1. The summed E-state index contributed by atoms with van der Waals surface area (Å²) in [6.07, 6.45) is 3.12. The number of hydrogen-bond acceptors (Lipinski definition) is 5. The lowest BCUT2D eigenvalue weighted by molar-refractivity contribution is -0.385. The van der Waals surface area contributed by atoms with Crippen molar-refractivity contribution in [1.29, 1.82) is 0 Å². The van der Waals surface area contributed by atoms with Crippen LogP contribution in [0.3, 0.4) is 0 Å². The van der Waals surface area contributed by atoms with Gasteiger partial charge in [0.25, 0.3) is 5.69 Å². The summed E-state index contributed by atoms with van der Waals surface area (Å²) < 4.78 is 0. The van der Waals surface area contributed by atoms with E-state index >= 15 is 0 Å². The predicted molar refractivity (Wildman–Crippen MR) is 93.0 cm³/mol. The number of anilines is 1. The quantitative estimate of drug-likeness (QED) is 0.310. The van der Waals surface area contributed by atoms with Crippen LogP contribution in [0.15, 0.2) is 48.7 Å². The fourth-order valence-corrected chi connectivity index (χ4v) is 2.03. The first-order chi connectivity index (χ1) is 11.1. The van der Waals surface area contributed by atoms with Crippen LogP contribution >= 0.6 is 12.2 Å². The molecule has 1 heterocycles. The number of thiocarbonyl (C=S) groups is 1. The first-order valence-electron chi connectivity index (χ1n) is 7.09. The van der Waals surface area contributed by atoms with Gasteiger partial charge in [0.1, 0.15) is 12.0 Å². The maximum absolute atomic E-state index is 10.5. The number of hydrogen-bond donors (Lipinski definition) is 3. The van der Waals surface area contributed by atoms with E-state index in [-0.39, 0.29) is 5.69 Å². The molecular weight excluding hydrogens is 314 g/mol. The molecule has 1 aromatic carbocycles. The average Bonchev–Trinajstić information content (AvgIpc) is 2.58. The van der Waals surface area contributed by atoms with Crippen LogP contribution in [0.4, 0.5) is 11.5 Å². The van der Waals surface area contributed by atoms with Gasteiger partial charge in [0, 0.05) is 12.6 Å². The minimum atomic E-state index is -0.497. The standard InChI is InChI=1S/C15H17N5O2S/c21-20(22)13-8-9-14(17-11-13)18-19-15(23)16-10-4-7-12-5-2-1-3-6-12/h1-3,5-6,8-9,11H,4,7,10H2,(H,17,18)(H2,16,19,23). The molecule has 0 atom stereocenters. The van der Waals surface area contributed by atoms with Crippen LogP contribution in [0, 0.1) is 10.1 Å². The molecule has 8 heteroatoms. The smallest absolute Gasteiger partial charge is 0.287 e. The maximum Gasteiger partial charge on any atom is 0.287 e. The molecule has 0 amide bonds. The third-order valence-corrected chi connectivity index (χ3v) is 3.28. The normalized spacial score (nSPS) is 9.91. The molecule has 2 rings (SSSR count). The van der Waals surface area contributed by atoms with E-state index in [0.29, 0.717) is 10.9 Å². The second-order valence-electron chi connectivity index (χ2n) is 4.75. The van der Waals surface area contributed by atoms with Gasteiger partial charge in [0.2, 0.25) is 0 Å². The number of benzene rings is 1. The van der Waals surface area contributed by atoms with E-state index < -0.39 is 4.92 Å². The van der Waals surface area contributed by atoms with Crippen molar-refractivity contribution in [3.8, 4) is 0 Å². The fraction of sp³-hybridized carbons (Fsp3) is 0.200. The van der Waals surface area contributed by atoms with E-state index in [2.05, 4.69) is 33.3 Å². The minimum absolute atomic E-state index is 0.0582. The van der Waals surface area contributed by atoms with Crippen LogP contribution in [0.2, 0.25) is 0 Å². The van der Waals surface area contributed by atoms with Gasteiger partial charge in [-0.15, -0.1) is 0 Å². The summed E-state index contributed by atoms with van der Waals surface area (Å²) in [5.41, 5.74) is 6.80. The number of aromatic nitrogens is 1. The van der Waals surface area contributed by atoms with Crippen molar-refractivity contribution in [3.05, 3.63) is 64.3 Å². The van der Waals surface area contributed by atoms with Crippen molar-refractivity contribution >= 4 is 28.8 Å². The van der Waals surface area contributed by atoms with E-state index in [1.165, 1.54) is 23.9 Å². The maximum atomic E-state index is 10.5. The molecule has 23 heavy (non-hydrogen) atoms. The van der Waals surface area contributed by atoms with Crippen LogP contribution in [0.25, 0.3) is 0 Å². The zero-order valence-electron chi connectivity index (χ0n) is 12.4. The van der Waals surface area contributed by atoms with Gasteiger partial charge in [-0.25, -0.2) is 4.98 Å². The highest BCUT2D eigenvalue weighted by Gasteiger charge is 2.05. The van der Waals surface area contributed by atoms with Crippen LogP contribution < -0.4 is 16.2 Å². The summed E-state index contributed by atoms with van der Waals surface area (Å²) in [5, 5.41) is 14.0. The zero-order chi connectivity index (χ0) is 16.5. The van der Waals surface area contributed by atoms with Crippen LogP contribution in [-0.4, -0.2) is 21.6 Å². The number of nitrogens with one attached hydrogen (secondary N) is 3. The van der Waals surface area contributed by atoms with Crippen LogP contribution in [0.1, 0.15) is 12.0 Å². The van der Waals surface area contributed by atoms with Crippen molar-refractivity contribution < 1.29 is 4.92 Å². The lowest BCUT2D eigenvalue weighted by Crippen LogP contribution is -2.39. The van der Waals surface area contributed by atoms with Gasteiger partial charge in [0.05, 0.1) is 4.92 Å². The third-order valence-electron chi connectivity index (χ3n) is 3.03. The molecule has 7 nitrogen and oxygen atoms in total. The Bertz CT molecular complexity index is 649. The molecule has 120 valence electrons. The Morgan fingerprint density at radius 2 is 2.00 bits per heavy atom. The summed E-state index contributed by atoms with van der Waals surface area (Å²) in [5.74, 6) is 0.448. The summed E-state index contributed by atoms with van der Waals surface area (Å²) in [4.78, 5) is 13.9. The Balaban J connectivity index is 1.64. The van der Waals surface area contributed by atoms with E-state index in [1.54, 1.807) is 0 Å². The molecule has 0 aliphatic heterocycles. The van der Waals surface area contributed by atoms with Gasteiger partial charge in [-0.3, -0.25) is 21.0 Å². The van der Waals surface area contributed by atoms with Gasteiger partial charge in [-0.2, -0.15) is 0 Å². The molecule has 2 aromatic rings. The number of nitro groups is 1. The summed E-state index contributed by atoms with van der Waals surface area (Å²) in [7, 11) is 0. The van der Waals surface area contributed by atoms with Crippen molar-refractivity contribution in [2.75, 3.05) is 12.0 Å². The van der Waals surface area contributed by atoms with Gasteiger partial charge >= 0.3 is 0 Å². The molecule has 0 spiro atoms. The van der Waals surface area contributed by atoms with E-state index in [0.717, 1.165) is 19.4 Å². The van der Waals surface area contributed by atoms with E-state index in [1.807, 2.05) is 18.2 Å². The molecular formula is C15H17N5O2S. The Hall–Kier alpha value is -2.74. The highest BCUT2D eigenvalue weighted by atomic mass is 32.1. The van der Waals surface area contributed by atoms with Crippen molar-refractivity contribution in [2.45, 2.75) is 12.8 Å². The van der Waals surface area contributed by atoms with Gasteiger partial charge in [0.15, 0.2) is 5.11 Å². The first-order valence-corrected chi connectivity index (χ1v) is 7.50. The Labute approximate surface area is 139 Å². The number of rotatable bonds is 7. The highest BCUT2D eigenvalue weighted by Crippen LogP contribution is 2.10. The van der Waals surface area contributed by atoms with Gasteiger partial charge in [-0.1, -0.05) is 30.3 Å². The SMILES string of the molecule is O=[N+]([O-])c1ccc(NNC(=S)NCCCc2ccccc2)nc1. The first kappa shape index (κ1) is 16.6. The molecule has 0 radical (unpaired) electrons. The molecule has 0 bridgehead atoms. The Kier molecular flexibility index (Phi) is 6.25. The molecule has 0 aliphatic carbocycles. The van der Waals surface area contributed by atoms with Crippen molar-refractivity contribution in [3.63, 3.8) is 0 Å². The lowest BCUT2D eigenvalue weighted by atomic mass is 10.1. The van der Waals surface area contributed by atoms with Crippen LogP contribution in [-0.2, 0) is 6.42 Å². The molecule has 0 aliphatic rings. The summed E-state index contributed by atoms with van der Waals surface area (Å²) in [6, 6.07) is 13.1. The summed E-state index contributed by atoms with van der Waals surface area (Å²) in [6.45, 7) is 0.746. The fourth-order valence-electron chi connectivity index (χ4n) is 1.87. The lowest BCUT2D eigenvalue weighted by Gasteiger charge is -2.11. The van der Waals surface area contributed by atoms with Gasteiger partial charge in [-0.05, 0) is 36.7 Å². The predicted octanol–water partition coefficient (Wildman–Crippen LogP) is 2.41. The molecule has 3 N–H and O–H groups in total. The zero-order valence-corrected chi connectivity index (χ0v) is 13.2. The molecule has 0 saturated heterocycles. The molecule has 1 aromatic heterocycles. The number of hydrazine groups is 1. The average molecular weight is 331 g/mol. The monoisotopic (exact) mass is 331 g/mol. The van der Waals surface area contributed by atoms with E-state index in [9.17, 15) is 10.1 Å². The second-order valence-corrected chi connectivity index (χ2v) is 5.16. The number of pyridine rings is 1. The van der Waals surface area contributed by atoms with Crippen molar-refractivity contribution in [1.82, 2.24) is 15.7 Å². The molecule has 0 unspecified atom stereocenters. The minimum Gasteiger partial charge on any atom is -0.361 e.